The summed E-state index contributed by atoms with van der Waals surface area (Å²) in [6.45, 7) is 1.01. The first-order valence-electron chi connectivity index (χ1n) is 10.8. The maximum absolute atomic E-state index is 13.6. The molecule has 29 heavy (non-hydrogen) atoms. The topological polar surface area (TPSA) is 20.3 Å². The second-order valence-corrected chi connectivity index (χ2v) is 8.49. The van der Waals surface area contributed by atoms with Crippen LogP contribution in [0.25, 0.3) is 11.1 Å². The Bertz CT molecular complexity index is 968. The van der Waals surface area contributed by atoms with Gasteiger partial charge >= 0.3 is 0 Å². The number of nitrogens with zero attached hydrogens (tertiary/aromatic N) is 1. The van der Waals surface area contributed by atoms with Crippen molar-refractivity contribution in [3.8, 4) is 11.1 Å². The normalized spacial score (nSPS) is 23.8. The molecule has 0 spiro atoms. The molecule has 0 radical (unpaired) electrons. The third kappa shape index (κ3) is 3.65. The Morgan fingerprint density at radius 3 is 2.03 bits per heavy atom. The van der Waals surface area contributed by atoms with Gasteiger partial charge in [0.25, 0.3) is 0 Å². The molecule has 0 amide bonds. The lowest BCUT2D eigenvalue weighted by atomic mass is 9.82. The molecule has 2 aliphatic rings. The van der Waals surface area contributed by atoms with E-state index in [-0.39, 0.29) is 5.92 Å². The molecular formula is C27H27NO. The molecule has 3 aromatic carbocycles. The fourth-order valence-corrected chi connectivity index (χ4v) is 5.33. The molecule has 2 saturated heterocycles. The van der Waals surface area contributed by atoms with Crippen molar-refractivity contribution >= 4 is 5.78 Å². The van der Waals surface area contributed by atoms with E-state index >= 15 is 0 Å². The van der Waals surface area contributed by atoms with E-state index < -0.39 is 0 Å². The van der Waals surface area contributed by atoms with E-state index in [9.17, 15) is 4.79 Å². The van der Waals surface area contributed by atoms with E-state index in [1.165, 1.54) is 18.4 Å². The molecule has 2 unspecified atom stereocenters. The Morgan fingerprint density at radius 2 is 1.34 bits per heavy atom. The zero-order valence-corrected chi connectivity index (χ0v) is 16.7. The van der Waals surface area contributed by atoms with Gasteiger partial charge in [-0.25, -0.2) is 0 Å². The minimum atomic E-state index is 0.143. The van der Waals surface area contributed by atoms with Crippen LogP contribution in [-0.2, 0) is 6.54 Å². The summed E-state index contributed by atoms with van der Waals surface area (Å²) >= 11 is 0. The first-order chi connectivity index (χ1) is 14.3. The molecule has 5 rings (SSSR count). The fourth-order valence-electron chi connectivity index (χ4n) is 5.33. The predicted molar refractivity (Wildman–Crippen MR) is 118 cm³/mol. The smallest absolute Gasteiger partial charge is 0.166 e. The number of Topliss-reactive ketones (excluding diaryl/α,β-unsaturated/α-hetero) is 1. The summed E-state index contributed by atoms with van der Waals surface area (Å²) in [5.74, 6) is 0.477. The van der Waals surface area contributed by atoms with E-state index in [0.717, 1.165) is 36.1 Å². The van der Waals surface area contributed by atoms with E-state index in [0.29, 0.717) is 17.9 Å². The Balaban J connectivity index is 1.36. The van der Waals surface area contributed by atoms with Crippen LogP contribution in [0.4, 0.5) is 0 Å². The second-order valence-electron chi connectivity index (χ2n) is 8.49. The summed E-state index contributed by atoms with van der Waals surface area (Å²) in [4.78, 5) is 16.2. The molecule has 0 aliphatic carbocycles. The van der Waals surface area contributed by atoms with Crippen LogP contribution in [0, 0.1) is 5.92 Å². The monoisotopic (exact) mass is 381 g/mol. The Labute approximate surface area is 173 Å². The zero-order valence-electron chi connectivity index (χ0n) is 16.7. The molecule has 0 saturated carbocycles. The quantitative estimate of drug-likeness (QED) is 0.507. The fraction of sp³-hybridized carbons (Fsp3) is 0.296. The van der Waals surface area contributed by atoms with Crippen molar-refractivity contribution in [1.29, 1.82) is 0 Å². The van der Waals surface area contributed by atoms with Gasteiger partial charge in [0, 0.05) is 30.1 Å². The first kappa shape index (κ1) is 18.3. The van der Waals surface area contributed by atoms with Gasteiger partial charge in [-0.15, -0.1) is 0 Å². The molecule has 2 bridgehead atoms. The molecule has 0 N–H and O–H groups in total. The van der Waals surface area contributed by atoms with Crippen molar-refractivity contribution in [2.24, 2.45) is 5.92 Å². The number of hydrogen-bond donors (Lipinski definition) is 0. The lowest BCUT2D eigenvalue weighted by molar-refractivity contribution is 0.0679. The summed E-state index contributed by atoms with van der Waals surface area (Å²) in [6, 6.07) is 30.2. The van der Waals surface area contributed by atoms with Crippen LogP contribution in [0.5, 0.6) is 0 Å². The lowest BCUT2D eigenvalue weighted by Crippen LogP contribution is -2.44. The minimum absolute atomic E-state index is 0.143. The van der Waals surface area contributed by atoms with E-state index in [4.69, 9.17) is 0 Å². The maximum atomic E-state index is 13.6. The van der Waals surface area contributed by atoms with Crippen molar-refractivity contribution in [1.82, 2.24) is 4.90 Å². The van der Waals surface area contributed by atoms with Crippen LogP contribution in [0.1, 0.15) is 41.6 Å². The molecule has 3 aromatic rings. The van der Waals surface area contributed by atoms with Crippen molar-refractivity contribution < 1.29 is 4.79 Å². The number of benzene rings is 3. The van der Waals surface area contributed by atoms with Gasteiger partial charge in [0.2, 0.25) is 0 Å². The highest BCUT2D eigenvalue weighted by molar-refractivity contribution is 6.03. The molecule has 2 fully saturated rings. The number of hydrogen-bond acceptors (Lipinski definition) is 2. The number of ketones is 1. The number of carbonyl (C=O) groups is 1. The summed E-state index contributed by atoms with van der Waals surface area (Å²) in [7, 11) is 0. The van der Waals surface area contributed by atoms with Gasteiger partial charge in [-0.1, -0.05) is 84.9 Å². The summed E-state index contributed by atoms with van der Waals surface area (Å²) < 4.78 is 0. The average Bonchev–Trinajstić information content (AvgIpc) is 3.01. The molecule has 146 valence electrons. The lowest BCUT2D eigenvalue weighted by Gasteiger charge is -2.38. The average molecular weight is 382 g/mol. The van der Waals surface area contributed by atoms with Gasteiger partial charge in [0.15, 0.2) is 5.78 Å². The van der Waals surface area contributed by atoms with Gasteiger partial charge < -0.3 is 0 Å². The summed E-state index contributed by atoms with van der Waals surface area (Å²) in [6.07, 6.45) is 4.43. The van der Waals surface area contributed by atoms with Gasteiger partial charge in [-0.05, 0) is 42.4 Å². The molecule has 2 atom stereocenters. The Kier molecular flexibility index (Phi) is 5.03. The largest absolute Gasteiger partial charge is 0.294 e. The Hall–Kier alpha value is -2.71. The summed E-state index contributed by atoms with van der Waals surface area (Å²) in [5, 5.41) is 0. The molecule has 2 aliphatic heterocycles. The van der Waals surface area contributed by atoms with Gasteiger partial charge in [0.1, 0.15) is 0 Å². The van der Waals surface area contributed by atoms with Crippen LogP contribution in [0.15, 0.2) is 84.9 Å². The highest BCUT2D eigenvalue weighted by Crippen LogP contribution is 2.41. The highest BCUT2D eigenvalue weighted by atomic mass is 16.1. The van der Waals surface area contributed by atoms with Crippen molar-refractivity contribution in [3.63, 3.8) is 0 Å². The van der Waals surface area contributed by atoms with E-state index in [1.807, 2.05) is 36.4 Å². The highest BCUT2D eigenvalue weighted by Gasteiger charge is 2.43. The third-order valence-electron chi connectivity index (χ3n) is 6.74. The predicted octanol–water partition coefficient (Wildman–Crippen LogP) is 5.98. The standard InChI is InChI=1S/C27H27NO/c29-27(26-14-8-7-13-25(26)21-11-5-2-6-12-21)22-17-23-15-16-24(18-22)28(23)19-20-9-3-1-4-10-20/h1-14,22-24H,15-19H2. The van der Waals surface area contributed by atoms with Crippen LogP contribution >= 0.6 is 0 Å². The molecule has 2 nitrogen and oxygen atoms in total. The molecular weight excluding hydrogens is 354 g/mol. The number of carbonyl (C=O) groups excluding carboxylic acids is 1. The zero-order chi connectivity index (χ0) is 19.6. The van der Waals surface area contributed by atoms with Crippen molar-refractivity contribution in [2.45, 2.75) is 44.3 Å². The minimum Gasteiger partial charge on any atom is -0.294 e. The molecule has 2 heteroatoms. The van der Waals surface area contributed by atoms with Crippen LogP contribution in [-0.4, -0.2) is 22.8 Å². The van der Waals surface area contributed by atoms with Crippen LogP contribution < -0.4 is 0 Å². The molecule has 0 aromatic heterocycles. The SMILES string of the molecule is O=C(c1ccccc1-c1ccccc1)C1CC2CCC(C1)N2Cc1ccccc1. The van der Waals surface area contributed by atoms with E-state index in [2.05, 4.69) is 53.4 Å². The van der Waals surface area contributed by atoms with Crippen molar-refractivity contribution in [2.75, 3.05) is 0 Å². The van der Waals surface area contributed by atoms with Gasteiger partial charge in [-0.3, -0.25) is 9.69 Å². The number of fused-ring (bicyclic) bond motifs is 2. The molecule has 2 heterocycles. The second kappa shape index (κ2) is 7.96. The maximum Gasteiger partial charge on any atom is 0.166 e. The Morgan fingerprint density at radius 1 is 0.759 bits per heavy atom. The van der Waals surface area contributed by atoms with Crippen LogP contribution in [0.2, 0.25) is 0 Å². The number of piperidine rings is 1. The van der Waals surface area contributed by atoms with E-state index in [1.54, 1.807) is 0 Å². The third-order valence-corrected chi connectivity index (χ3v) is 6.74. The first-order valence-corrected chi connectivity index (χ1v) is 10.8. The van der Waals surface area contributed by atoms with Crippen molar-refractivity contribution in [3.05, 3.63) is 96.1 Å². The van der Waals surface area contributed by atoms with Gasteiger partial charge in [0.05, 0.1) is 0 Å². The van der Waals surface area contributed by atoms with Gasteiger partial charge in [-0.2, -0.15) is 0 Å². The van der Waals surface area contributed by atoms with Crippen LogP contribution in [0.3, 0.4) is 0 Å². The summed E-state index contributed by atoms with van der Waals surface area (Å²) in [5.41, 5.74) is 4.46. The number of rotatable bonds is 5.